The maximum atomic E-state index is 13.9. The first-order valence-corrected chi connectivity index (χ1v) is 19.8. The summed E-state index contributed by atoms with van der Waals surface area (Å²) in [6, 6.07) is 18.2. The summed E-state index contributed by atoms with van der Waals surface area (Å²) in [7, 11) is -0.515. The largest absolute Gasteiger partial charge is 0.619 e. The normalized spacial score (nSPS) is 18.4. The number of pyridine rings is 1. The van der Waals surface area contributed by atoms with Crippen molar-refractivity contribution in [3.8, 4) is 11.5 Å². The zero-order valence-corrected chi connectivity index (χ0v) is 32.2. The number of nitrogens with zero attached hydrogens (tertiary/aromatic N) is 3. The highest BCUT2D eigenvalue weighted by molar-refractivity contribution is 7.92. The number of rotatable bonds is 13. The molecule has 0 spiro atoms. The van der Waals surface area contributed by atoms with E-state index in [9.17, 15) is 23.2 Å². The number of halogens is 2. The van der Waals surface area contributed by atoms with Gasteiger partial charge in [-0.15, -0.1) is 0 Å². The van der Waals surface area contributed by atoms with E-state index in [-0.39, 0.29) is 40.6 Å². The van der Waals surface area contributed by atoms with E-state index in [1.165, 1.54) is 31.5 Å². The third-order valence-corrected chi connectivity index (χ3v) is 10.8. The van der Waals surface area contributed by atoms with Gasteiger partial charge in [0.25, 0.3) is 0 Å². The number of hydrogen-bond donors (Lipinski definition) is 1. The number of nitrogens with one attached hydrogen (secondary N) is 1. The minimum absolute atomic E-state index is 0.0306. The molecule has 54 heavy (non-hydrogen) atoms. The molecule has 0 saturated carbocycles. The fourth-order valence-electron chi connectivity index (χ4n) is 6.79. The molecule has 0 aliphatic carbocycles. The Kier molecular flexibility index (Phi) is 12.1. The molecule has 1 unspecified atom stereocenters. The molecule has 16 heteroatoms. The minimum atomic E-state index is -3.51. The number of hydrogen-bond acceptors (Lipinski definition) is 10. The summed E-state index contributed by atoms with van der Waals surface area (Å²) in [6.45, 7) is 2.67. The molecule has 3 saturated heterocycles. The van der Waals surface area contributed by atoms with Crippen LogP contribution in [-0.2, 0) is 32.5 Å². The van der Waals surface area contributed by atoms with E-state index in [1.54, 1.807) is 66.7 Å². The maximum absolute atomic E-state index is 13.9. The van der Waals surface area contributed by atoms with Crippen molar-refractivity contribution in [2.75, 3.05) is 49.7 Å². The molecular formula is C38H40Cl2N4O9S. The first kappa shape index (κ1) is 38.9. The molecule has 286 valence electrons. The summed E-state index contributed by atoms with van der Waals surface area (Å²) in [5.74, 6) is 0.489. The van der Waals surface area contributed by atoms with Crippen molar-refractivity contribution in [1.29, 1.82) is 0 Å². The Bertz CT molecular complexity index is 2090. The highest BCUT2D eigenvalue weighted by Gasteiger charge is 2.37. The Morgan fingerprint density at radius 3 is 2.28 bits per heavy atom. The van der Waals surface area contributed by atoms with Crippen molar-refractivity contribution in [3.63, 3.8) is 0 Å². The van der Waals surface area contributed by atoms with Crippen molar-refractivity contribution in [1.82, 2.24) is 4.90 Å². The molecule has 4 aromatic rings. The van der Waals surface area contributed by atoms with E-state index in [1.807, 2.05) is 0 Å². The van der Waals surface area contributed by atoms with Crippen LogP contribution >= 0.6 is 23.2 Å². The molecule has 7 rings (SSSR count). The summed E-state index contributed by atoms with van der Waals surface area (Å²) >= 11 is 12.8. The van der Waals surface area contributed by atoms with Crippen LogP contribution in [0.2, 0.25) is 10.0 Å². The molecule has 1 aromatic heterocycles. The minimum Gasteiger partial charge on any atom is -0.619 e. The quantitative estimate of drug-likeness (QED) is 0.0916. The van der Waals surface area contributed by atoms with Gasteiger partial charge in [0.1, 0.15) is 22.3 Å². The van der Waals surface area contributed by atoms with E-state index >= 15 is 0 Å². The van der Waals surface area contributed by atoms with Gasteiger partial charge in [-0.05, 0) is 91.5 Å². The fourth-order valence-corrected chi connectivity index (χ4v) is 7.95. The molecule has 4 heterocycles. The van der Waals surface area contributed by atoms with Gasteiger partial charge < -0.3 is 24.2 Å². The molecule has 3 aromatic carbocycles. The predicted molar refractivity (Wildman–Crippen MR) is 204 cm³/mol. The van der Waals surface area contributed by atoms with E-state index in [2.05, 4.69) is 9.62 Å². The SMILES string of the molecule is COc1ccc(C(Cc2c(Cl)c[n+]([O-])cc2Cl)OC(=O)c2cccc(CN(C(=O)O[C@H]3CN4CCC3CC4)c3ccc(NS(C)(=O)=O)cc3)c2)cc1OC. The number of piperidine rings is 3. The van der Waals surface area contributed by atoms with Gasteiger partial charge in [0.05, 0.1) is 32.6 Å². The number of methoxy groups -OCH3 is 2. The summed E-state index contributed by atoms with van der Waals surface area (Å²) in [5.41, 5.74) is 2.58. The van der Waals surface area contributed by atoms with Gasteiger partial charge in [0.2, 0.25) is 10.0 Å². The van der Waals surface area contributed by atoms with Gasteiger partial charge in [-0.2, -0.15) is 4.73 Å². The van der Waals surface area contributed by atoms with Crippen LogP contribution < -0.4 is 23.8 Å². The lowest BCUT2D eigenvalue weighted by atomic mass is 9.86. The maximum Gasteiger partial charge on any atom is 0.414 e. The molecule has 3 aliphatic rings. The number of amides is 1. The van der Waals surface area contributed by atoms with Gasteiger partial charge >= 0.3 is 12.1 Å². The average Bonchev–Trinajstić information content (AvgIpc) is 3.14. The molecular weight excluding hydrogens is 759 g/mol. The highest BCUT2D eigenvalue weighted by Crippen LogP contribution is 2.36. The molecule has 3 aliphatic heterocycles. The third-order valence-electron chi connectivity index (χ3n) is 9.53. The Morgan fingerprint density at radius 1 is 0.981 bits per heavy atom. The summed E-state index contributed by atoms with van der Waals surface area (Å²) < 4.78 is 49.6. The van der Waals surface area contributed by atoms with Crippen molar-refractivity contribution >= 4 is 56.7 Å². The van der Waals surface area contributed by atoms with Gasteiger partial charge in [0.15, 0.2) is 23.9 Å². The zero-order chi connectivity index (χ0) is 38.6. The van der Waals surface area contributed by atoms with Crippen LogP contribution in [0.25, 0.3) is 0 Å². The van der Waals surface area contributed by atoms with Crippen molar-refractivity contribution in [2.24, 2.45) is 5.92 Å². The number of fused-ring (bicyclic) bond motifs is 3. The number of ether oxygens (including phenoxy) is 4. The van der Waals surface area contributed by atoms with Gasteiger partial charge in [0, 0.05) is 29.9 Å². The monoisotopic (exact) mass is 798 g/mol. The topological polar surface area (TPSA) is 151 Å². The number of aromatic nitrogens is 1. The van der Waals surface area contributed by atoms with Crippen molar-refractivity contribution < 1.29 is 41.7 Å². The lowest BCUT2D eigenvalue weighted by molar-refractivity contribution is -0.605. The smallest absolute Gasteiger partial charge is 0.414 e. The standard InChI is InChI=1S/C38H40Cl2N4O9S/c1-50-33-12-7-26(18-35(33)51-2)34(19-30-31(39)21-43(47)22-32(30)40)52-37(45)27-6-4-5-24(17-27)20-44(29-10-8-28(9-11-29)41-54(3,48)49)38(46)53-36-23-42-15-13-25(36)14-16-42/h4-12,17-18,21-22,25,34,36,41H,13-16,19-20,23H2,1-3H3/t34?,36-/m0/s1. The van der Waals surface area contributed by atoms with Gasteiger partial charge in [-0.3, -0.25) is 14.5 Å². The number of benzene rings is 3. The van der Waals surface area contributed by atoms with Crippen LogP contribution in [0.3, 0.4) is 0 Å². The summed E-state index contributed by atoms with van der Waals surface area (Å²) in [5, 5.41) is 12.2. The Labute approximate surface area is 323 Å². The lowest BCUT2D eigenvalue weighted by Crippen LogP contribution is -2.53. The number of esters is 1. The van der Waals surface area contributed by atoms with Crippen molar-refractivity contribution in [2.45, 2.75) is 38.0 Å². The van der Waals surface area contributed by atoms with Crippen LogP contribution in [0, 0.1) is 11.1 Å². The number of sulfonamides is 1. The molecule has 0 radical (unpaired) electrons. The van der Waals surface area contributed by atoms with E-state index < -0.39 is 28.2 Å². The zero-order valence-electron chi connectivity index (χ0n) is 29.9. The van der Waals surface area contributed by atoms with Gasteiger partial charge in [-0.1, -0.05) is 41.4 Å². The third kappa shape index (κ3) is 9.48. The molecule has 2 atom stereocenters. The number of carbonyl (C=O) groups excluding carboxylic acids is 2. The Morgan fingerprint density at radius 2 is 1.67 bits per heavy atom. The van der Waals surface area contributed by atoms with Crippen LogP contribution in [0.1, 0.15) is 46.0 Å². The first-order valence-electron chi connectivity index (χ1n) is 17.2. The van der Waals surface area contributed by atoms with E-state index in [4.69, 9.17) is 42.1 Å². The van der Waals surface area contributed by atoms with Crippen LogP contribution in [0.4, 0.5) is 16.2 Å². The second-order valence-corrected chi connectivity index (χ2v) is 15.8. The van der Waals surface area contributed by atoms with Crippen LogP contribution in [0.15, 0.2) is 79.1 Å². The summed E-state index contributed by atoms with van der Waals surface area (Å²) in [6.07, 6.45) is 3.60. The molecule has 3 fully saturated rings. The van der Waals surface area contributed by atoms with E-state index in [0.29, 0.717) is 50.8 Å². The van der Waals surface area contributed by atoms with Crippen LogP contribution in [0.5, 0.6) is 11.5 Å². The molecule has 13 nitrogen and oxygen atoms in total. The number of carbonyl (C=O) groups is 2. The average molecular weight is 800 g/mol. The second kappa shape index (κ2) is 16.7. The second-order valence-electron chi connectivity index (χ2n) is 13.3. The Balaban J connectivity index is 1.27. The van der Waals surface area contributed by atoms with Crippen LogP contribution in [-0.4, -0.2) is 71.6 Å². The molecule has 1 N–H and O–H groups in total. The molecule has 2 bridgehead atoms. The highest BCUT2D eigenvalue weighted by atomic mass is 35.5. The first-order chi connectivity index (χ1) is 25.8. The van der Waals surface area contributed by atoms with Crippen molar-refractivity contribution in [3.05, 3.63) is 117 Å². The lowest BCUT2D eigenvalue weighted by Gasteiger charge is -2.44. The summed E-state index contributed by atoms with van der Waals surface area (Å²) in [4.78, 5) is 31.5. The molecule has 1 amide bonds. The Hall–Kier alpha value is -4.76. The number of anilines is 2. The predicted octanol–water partition coefficient (Wildman–Crippen LogP) is 6.39. The fraction of sp³-hybridized carbons (Fsp3) is 0.342. The van der Waals surface area contributed by atoms with E-state index in [0.717, 1.165) is 32.2 Å². The van der Waals surface area contributed by atoms with Gasteiger partial charge in [-0.25, -0.2) is 18.0 Å².